The minimum Gasteiger partial charge on any atom is -0.399 e. The van der Waals surface area contributed by atoms with Crippen molar-refractivity contribution >= 4 is 17.3 Å². The Labute approximate surface area is 115 Å². The van der Waals surface area contributed by atoms with E-state index in [1.54, 1.807) is 0 Å². The maximum Gasteiger partial charge on any atom is 0.240 e. The molecule has 0 aliphatic carbocycles. The first-order chi connectivity index (χ1) is 9.13. The van der Waals surface area contributed by atoms with Crippen molar-refractivity contribution in [3.63, 3.8) is 0 Å². The Balaban J connectivity index is 2.38. The molecule has 0 aliphatic rings. The number of hydrogen-bond acceptors (Lipinski definition) is 3. The summed E-state index contributed by atoms with van der Waals surface area (Å²) in [7, 11) is 0. The summed E-state index contributed by atoms with van der Waals surface area (Å²) in [6, 6.07) is 7.42. The summed E-state index contributed by atoms with van der Waals surface area (Å²) in [6.45, 7) is 4.02. The molecule has 1 aromatic rings. The lowest BCUT2D eigenvalue weighted by Gasteiger charge is -2.03. The molecule has 0 bridgehead atoms. The lowest BCUT2D eigenvalue weighted by molar-refractivity contribution is -0.121. The van der Waals surface area contributed by atoms with Crippen LogP contribution in [0, 0.1) is 0 Å². The standard InChI is InChI=1S/C15H23N3O/c1-3-4-5-6-7-15(19)18-17-12(2)13-8-10-14(16)11-9-13/h8-11H,3-7,16H2,1-2H3,(H,18,19)/b17-12+. The molecule has 0 atom stereocenters. The van der Waals surface area contributed by atoms with E-state index in [-0.39, 0.29) is 5.91 Å². The van der Waals surface area contributed by atoms with Gasteiger partial charge in [-0.25, -0.2) is 5.43 Å². The molecule has 4 nitrogen and oxygen atoms in total. The Bertz CT molecular complexity index is 424. The van der Waals surface area contributed by atoms with Crippen LogP contribution in [0.5, 0.6) is 0 Å². The van der Waals surface area contributed by atoms with Crippen LogP contribution in [0.4, 0.5) is 5.69 Å². The van der Waals surface area contributed by atoms with E-state index in [0.717, 1.165) is 29.8 Å². The van der Waals surface area contributed by atoms with Crippen LogP contribution in [0.15, 0.2) is 29.4 Å². The van der Waals surface area contributed by atoms with E-state index in [1.807, 2.05) is 31.2 Å². The molecular formula is C15H23N3O. The number of nitrogens with one attached hydrogen (secondary N) is 1. The molecule has 0 aliphatic heterocycles. The van der Waals surface area contributed by atoms with Crippen LogP contribution in [0.1, 0.15) is 51.5 Å². The summed E-state index contributed by atoms with van der Waals surface area (Å²) in [4.78, 5) is 11.6. The van der Waals surface area contributed by atoms with E-state index < -0.39 is 0 Å². The van der Waals surface area contributed by atoms with Gasteiger partial charge in [-0.3, -0.25) is 4.79 Å². The van der Waals surface area contributed by atoms with Gasteiger partial charge in [0, 0.05) is 12.1 Å². The highest BCUT2D eigenvalue weighted by Gasteiger charge is 2.01. The smallest absolute Gasteiger partial charge is 0.240 e. The highest BCUT2D eigenvalue weighted by Crippen LogP contribution is 2.06. The number of anilines is 1. The van der Waals surface area contributed by atoms with Crippen molar-refractivity contribution in [2.75, 3.05) is 5.73 Å². The van der Waals surface area contributed by atoms with Crippen LogP contribution in [-0.4, -0.2) is 11.6 Å². The molecule has 0 radical (unpaired) electrons. The Hall–Kier alpha value is -1.84. The predicted octanol–water partition coefficient (Wildman–Crippen LogP) is 3.08. The van der Waals surface area contributed by atoms with Crippen molar-refractivity contribution in [2.45, 2.75) is 46.0 Å². The average molecular weight is 261 g/mol. The van der Waals surface area contributed by atoms with Crippen molar-refractivity contribution in [2.24, 2.45) is 5.10 Å². The fourth-order valence-electron chi connectivity index (χ4n) is 1.70. The molecule has 1 amide bonds. The number of nitrogens with zero attached hydrogens (tertiary/aromatic N) is 1. The maximum absolute atomic E-state index is 11.6. The van der Waals surface area contributed by atoms with Crippen molar-refractivity contribution in [3.05, 3.63) is 29.8 Å². The van der Waals surface area contributed by atoms with Crippen LogP contribution >= 0.6 is 0 Å². The zero-order chi connectivity index (χ0) is 14.1. The number of hydrogen-bond donors (Lipinski definition) is 2. The molecule has 0 spiro atoms. The van der Waals surface area contributed by atoms with Gasteiger partial charge in [-0.05, 0) is 31.0 Å². The molecule has 0 saturated heterocycles. The first-order valence-electron chi connectivity index (χ1n) is 6.82. The van der Waals surface area contributed by atoms with Crippen molar-refractivity contribution in [1.29, 1.82) is 0 Å². The van der Waals surface area contributed by atoms with E-state index in [0.29, 0.717) is 6.42 Å². The van der Waals surface area contributed by atoms with E-state index in [1.165, 1.54) is 12.8 Å². The van der Waals surface area contributed by atoms with E-state index in [9.17, 15) is 4.79 Å². The molecule has 19 heavy (non-hydrogen) atoms. The molecule has 0 heterocycles. The minimum atomic E-state index is -0.0223. The fraction of sp³-hybridized carbons (Fsp3) is 0.467. The highest BCUT2D eigenvalue weighted by atomic mass is 16.2. The first-order valence-corrected chi connectivity index (χ1v) is 6.82. The van der Waals surface area contributed by atoms with Crippen LogP contribution in [0.3, 0.4) is 0 Å². The van der Waals surface area contributed by atoms with E-state index in [4.69, 9.17) is 5.73 Å². The van der Waals surface area contributed by atoms with Gasteiger partial charge in [0.25, 0.3) is 0 Å². The largest absolute Gasteiger partial charge is 0.399 e. The van der Waals surface area contributed by atoms with Crippen LogP contribution in [-0.2, 0) is 4.79 Å². The number of amides is 1. The second-order valence-corrected chi connectivity index (χ2v) is 4.66. The molecular weight excluding hydrogens is 238 g/mol. The van der Waals surface area contributed by atoms with Crippen LogP contribution < -0.4 is 11.2 Å². The second kappa shape index (κ2) is 8.29. The van der Waals surface area contributed by atoms with Crippen LogP contribution in [0.2, 0.25) is 0 Å². The lowest BCUT2D eigenvalue weighted by atomic mass is 10.1. The normalized spacial score (nSPS) is 11.4. The third kappa shape index (κ3) is 6.04. The molecule has 3 N–H and O–H groups in total. The van der Waals surface area contributed by atoms with Gasteiger partial charge in [0.1, 0.15) is 0 Å². The summed E-state index contributed by atoms with van der Waals surface area (Å²) in [6.07, 6.45) is 4.93. The number of benzene rings is 1. The number of carbonyl (C=O) groups is 1. The number of hydrazone groups is 1. The summed E-state index contributed by atoms with van der Waals surface area (Å²) >= 11 is 0. The Morgan fingerprint density at radius 2 is 1.89 bits per heavy atom. The van der Waals surface area contributed by atoms with Gasteiger partial charge in [-0.15, -0.1) is 0 Å². The van der Waals surface area contributed by atoms with Crippen molar-refractivity contribution in [1.82, 2.24) is 5.43 Å². The fourth-order valence-corrected chi connectivity index (χ4v) is 1.70. The van der Waals surface area contributed by atoms with Gasteiger partial charge >= 0.3 is 0 Å². The minimum absolute atomic E-state index is 0.0223. The lowest BCUT2D eigenvalue weighted by Crippen LogP contribution is -2.18. The number of nitrogen functional groups attached to an aromatic ring is 1. The monoisotopic (exact) mass is 261 g/mol. The Morgan fingerprint density at radius 1 is 1.21 bits per heavy atom. The summed E-state index contributed by atoms with van der Waals surface area (Å²) < 4.78 is 0. The third-order valence-corrected chi connectivity index (χ3v) is 2.93. The van der Waals surface area contributed by atoms with Gasteiger partial charge in [-0.1, -0.05) is 38.3 Å². The zero-order valence-corrected chi connectivity index (χ0v) is 11.8. The molecule has 1 aromatic carbocycles. The van der Waals surface area contributed by atoms with E-state index in [2.05, 4.69) is 17.5 Å². The quantitative estimate of drug-likeness (QED) is 0.343. The maximum atomic E-state index is 11.6. The molecule has 1 rings (SSSR count). The predicted molar refractivity (Wildman–Crippen MR) is 80.0 cm³/mol. The Kier molecular flexibility index (Phi) is 6.64. The molecule has 0 unspecified atom stereocenters. The summed E-state index contributed by atoms with van der Waals surface area (Å²) in [5, 5.41) is 4.10. The number of nitrogens with two attached hydrogens (primary N) is 1. The van der Waals surface area contributed by atoms with E-state index >= 15 is 0 Å². The number of unbranched alkanes of at least 4 members (excludes halogenated alkanes) is 3. The molecule has 4 heteroatoms. The second-order valence-electron chi connectivity index (χ2n) is 4.66. The molecule has 0 saturated carbocycles. The number of carbonyl (C=O) groups excluding carboxylic acids is 1. The average Bonchev–Trinajstić information content (AvgIpc) is 2.42. The van der Waals surface area contributed by atoms with Gasteiger partial charge in [0.05, 0.1) is 5.71 Å². The first kappa shape index (κ1) is 15.2. The molecule has 0 fully saturated rings. The summed E-state index contributed by atoms with van der Waals surface area (Å²) in [5.74, 6) is -0.0223. The Morgan fingerprint density at radius 3 is 2.53 bits per heavy atom. The molecule has 0 aromatic heterocycles. The van der Waals surface area contributed by atoms with Crippen molar-refractivity contribution in [3.8, 4) is 0 Å². The SMILES string of the molecule is CCCCCCC(=O)N/N=C(\C)c1ccc(N)cc1. The zero-order valence-electron chi connectivity index (χ0n) is 11.8. The van der Waals surface area contributed by atoms with Gasteiger partial charge < -0.3 is 5.73 Å². The third-order valence-electron chi connectivity index (χ3n) is 2.93. The highest BCUT2D eigenvalue weighted by molar-refractivity contribution is 5.99. The van der Waals surface area contributed by atoms with Crippen LogP contribution in [0.25, 0.3) is 0 Å². The van der Waals surface area contributed by atoms with Gasteiger partial charge in [0.2, 0.25) is 5.91 Å². The van der Waals surface area contributed by atoms with Gasteiger partial charge in [0.15, 0.2) is 0 Å². The molecule has 104 valence electrons. The van der Waals surface area contributed by atoms with Crippen molar-refractivity contribution < 1.29 is 4.79 Å². The number of rotatable bonds is 7. The topological polar surface area (TPSA) is 67.5 Å². The van der Waals surface area contributed by atoms with Gasteiger partial charge in [-0.2, -0.15) is 5.10 Å². The summed E-state index contributed by atoms with van der Waals surface area (Å²) in [5.41, 5.74) is 10.7.